The molecule has 0 aliphatic carbocycles. The van der Waals surface area contributed by atoms with Crippen LogP contribution in [0.3, 0.4) is 0 Å². The summed E-state index contributed by atoms with van der Waals surface area (Å²) in [5, 5.41) is 0. The number of hydrogen-bond donors (Lipinski definition) is 0. The summed E-state index contributed by atoms with van der Waals surface area (Å²) in [7, 11) is 2.59. The number of carbonyl (C=O) groups excluding carboxylic acids is 2. The van der Waals surface area contributed by atoms with Crippen LogP contribution in [-0.2, 0) is 19.1 Å². The Morgan fingerprint density at radius 1 is 1.05 bits per heavy atom. The molecule has 0 fully saturated rings. The minimum absolute atomic E-state index is 0.157. The highest BCUT2D eigenvalue weighted by Crippen LogP contribution is 2.18. The Morgan fingerprint density at radius 3 is 2.16 bits per heavy atom. The average Bonchev–Trinajstić information content (AvgIpc) is 2.45. The van der Waals surface area contributed by atoms with Crippen molar-refractivity contribution < 1.29 is 28.5 Å². The lowest BCUT2D eigenvalue weighted by atomic mass is 10.3. The molecule has 0 aromatic heterocycles. The standard InChI is InChI=1S/C13H16O6/c1-9(13(15)17-3)19-11-6-4-10(5-7-11)18-8-12(14)16-2/h4-7,9H,8H2,1-3H3. The van der Waals surface area contributed by atoms with Crippen LogP contribution in [0.1, 0.15) is 6.92 Å². The van der Waals surface area contributed by atoms with E-state index in [0.29, 0.717) is 11.5 Å². The summed E-state index contributed by atoms with van der Waals surface area (Å²) in [6.07, 6.45) is -0.688. The number of ether oxygens (including phenoxy) is 4. The van der Waals surface area contributed by atoms with Gasteiger partial charge in [0.25, 0.3) is 0 Å². The van der Waals surface area contributed by atoms with Gasteiger partial charge in [0.05, 0.1) is 14.2 Å². The normalized spacial score (nSPS) is 11.3. The van der Waals surface area contributed by atoms with Crippen molar-refractivity contribution in [3.8, 4) is 11.5 Å². The molecule has 6 heteroatoms. The summed E-state index contributed by atoms with van der Waals surface area (Å²) in [6, 6.07) is 6.52. The lowest BCUT2D eigenvalue weighted by Crippen LogP contribution is -2.24. The SMILES string of the molecule is COC(=O)COc1ccc(OC(C)C(=O)OC)cc1. The quantitative estimate of drug-likeness (QED) is 0.721. The summed E-state index contributed by atoms with van der Waals surface area (Å²) >= 11 is 0. The van der Waals surface area contributed by atoms with Gasteiger partial charge in [0.15, 0.2) is 12.7 Å². The molecule has 1 aromatic carbocycles. The van der Waals surface area contributed by atoms with Crippen LogP contribution in [-0.4, -0.2) is 38.9 Å². The highest BCUT2D eigenvalue weighted by molar-refractivity contribution is 5.74. The van der Waals surface area contributed by atoms with Gasteiger partial charge in [-0.1, -0.05) is 0 Å². The van der Waals surface area contributed by atoms with E-state index in [-0.39, 0.29) is 6.61 Å². The van der Waals surface area contributed by atoms with E-state index in [0.717, 1.165) is 0 Å². The highest BCUT2D eigenvalue weighted by atomic mass is 16.6. The van der Waals surface area contributed by atoms with E-state index in [9.17, 15) is 9.59 Å². The van der Waals surface area contributed by atoms with Crippen LogP contribution < -0.4 is 9.47 Å². The van der Waals surface area contributed by atoms with Gasteiger partial charge in [-0.15, -0.1) is 0 Å². The van der Waals surface area contributed by atoms with Gasteiger partial charge in [-0.2, -0.15) is 0 Å². The molecule has 0 heterocycles. The summed E-state index contributed by atoms with van der Waals surface area (Å²) in [5.74, 6) is 0.0949. The van der Waals surface area contributed by atoms with E-state index < -0.39 is 18.0 Å². The third kappa shape index (κ3) is 4.87. The first kappa shape index (κ1) is 14.8. The molecule has 0 aliphatic rings. The zero-order valence-corrected chi connectivity index (χ0v) is 11.0. The Kier molecular flexibility index (Phi) is 5.66. The van der Waals surface area contributed by atoms with Gasteiger partial charge in [0.2, 0.25) is 0 Å². The van der Waals surface area contributed by atoms with Crippen molar-refractivity contribution in [2.45, 2.75) is 13.0 Å². The Morgan fingerprint density at radius 2 is 1.63 bits per heavy atom. The van der Waals surface area contributed by atoms with Crippen LogP contribution in [0, 0.1) is 0 Å². The minimum atomic E-state index is -0.688. The zero-order chi connectivity index (χ0) is 14.3. The van der Waals surface area contributed by atoms with E-state index in [1.165, 1.54) is 14.2 Å². The molecular formula is C13H16O6. The third-order valence-electron chi connectivity index (χ3n) is 2.25. The van der Waals surface area contributed by atoms with Crippen molar-refractivity contribution >= 4 is 11.9 Å². The molecule has 0 amide bonds. The van der Waals surface area contributed by atoms with Crippen LogP contribution >= 0.6 is 0 Å². The molecular weight excluding hydrogens is 252 g/mol. The monoisotopic (exact) mass is 268 g/mol. The number of rotatable bonds is 6. The van der Waals surface area contributed by atoms with E-state index in [1.807, 2.05) is 0 Å². The molecule has 104 valence electrons. The maximum absolute atomic E-state index is 11.2. The van der Waals surface area contributed by atoms with Crippen molar-refractivity contribution in [2.75, 3.05) is 20.8 Å². The van der Waals surface area contributed by atoms with Gasteiger partial charge in [0, 0.05) is 0 Å². The smallest absolute Gasteiger partial charge is 0.346 e. The molecule has 6 nitrogen and oxygen atoms in total. The fraction of sp³-hybridized carbons (Fsp3) is 0.385. The summed E-state index contributed by atoms with van der Waals surface area (Å²) in [6.45, 7) is 1.43. The molecule has 1 rings (SSSR count). The molecule has 0 saturated heterocycles. The molecule has 0 N–H and O–H groups in total. The van der Waals surface area contributed by atoms with Gasteiger partial charge in [-0.05, 0) is 31.2 Å². The predicted octanol–water partition coefficient (Wildman–Crippen LogP) is 1.18. The van der Waals surface area contributed by atoms with Crippen molar-refractivity contribution in [3.05, 3.63) is 24.3 Å². The molecule has 1 atom stereocenters. The van der Waals surface area contributed by atoms with Crippen LogP contribution in [0.15, 0.2) is 24.3 Å². The molecule has 0 aliphatic heterocycles. The Hall–Kier alpha value is -2.24. The molecule has 19 heavy (non-hydrogen) atoms. The molecule has 0 bridgehead atoms. The number of carbonyl (C=O) groups is 2. The van der Waals surface area contributed by atoms with Crippen molar-refractivity contribution in [1.29, 1.82) is 0 Å². The summed E-state index contributed by atoms with van der Waals surface area (Å²) in [4.78, 5) is 22.1. The Balaban J connectivity index is 2.52. The molecule has 0 saturated carbocycles. The number of esters is 2. The second-order valence-electron chi connectivity index (χ2n) is 3.62. The fourth-order valence-electron chi connectivity index (χ4n) is 1.23. The lowest BCUT2D eigenvalue weighted by molar-refractivity contribution is -0.148. The topological polar surface area (TPSA) is 71.1 Å². The largest absolute Gasteiger partial charge is 0.482 e. The van der Waals surface area contributed by atoms with Gasteiger partial charge in [0.1, 0.15) is 11.5 Å². The van der Waals surface area contributed by atoms with Gasteiger partial charge in [-0.3, -0.25) is 0 Å². The zero-order valence-electron chi connectivity index (χ0n) is 11.0. The van der Waals surface area contributed by atoms with Gasteiger partial charge < -0.3 is 18.9 Å². The Labute approximate surface area is 111 Å². The first-order valence-corrected chi connectivity index (χ1v) is 5.61. The van der Waals surface area contributed by atoms with Crippen molar-refractivity contribution in [3.63, 3.8) is 0 Å². The third-order valence-corrected chi connectivity index (χ3v) is 2.25. The van der Waals surface area contributed by atoms with Crippen molar-refractivity contribution in [1.82, 2.24) is 0 Å². The van der Waals surface area contributed by atoms with Crippen LogP contribution in [0.5, 0.6) is 11.5 Å². The van der Waals surface area contributed by atoms with Crippen LogP contribution in [0.4, 0.5) is 0 Å². The maximum Gasteiger partial charge on any atom is 0.346 e. The number of benzene rings is 1. The first-order chi connectivity index (χ1) is 9.06. The molecule has 1 unspecified atom stereocenters. The van der Waals surface area contributed by atoms with Crippen LogP contribution in [0.2, 0.25) is 0 Å². The van der Waals surface area contributed by atoms with E-state index >= 15 is 0 Å². The number of hydrogen-bond acceptors (Lipinski definition) is 6. The van der Waals surface area contributed by atoms with Gasteiger partial charge in [-0.25, -0.2) is 9.59 Å². The number of methoxy groups -OCH3 is 2. The molecule has 1 aromatic rings. The molecule has 0 radical (unpaired) electrons. The first-order valence-electron chi connectivity index (χ1n) is 5.61. The fourth-order valence-corrected chi connectivity index (χ4v) is 1.23. The predicted molar refractivity (Wildman–Crippen MR) is 66.1 cm³/mol. The maximum atomic E-state index is 11.2. The second-order valence-corrected chi connectivity index (χ2v) is 3.62. The van der Waals surface area contributed by atoms with E-state index in [4.69, 9.17) is 9.47 Å². The second kappa shape index (κ2) is 7.25. The lowest BCUT2D eigenvalue weighted by Gasteiger charge is -2.12. The Bertz CT molecular complexity index is 425. The van der Waals surface area contributed by atoms with Crippen LogP contribution in [0.25, 0.3) is 0 Å². The highest BCUT2D eigenvalue weighted by Gasteiger charge is 2.14. The summed E-state index contributed by atoms with van der Waals surface area (Å²) in [5.41, 5.74) is 0. The van der Waals surface area contributed by atoms with Gasteiger partial charge >= 0.3 is 11.9 Å². The average molecular weight is 268 g/mol. The summed E-state index contributed by atoms with van der Waals surface area (Å²) < 4.78 is 19.5. The molecule has 0 spiro atoms. The van der Waals surface area contributed by atoms with Crippen molar-refractivity contribution in [2.24, 2.45) is 0 Å². The minimum Gasteiger partial charge on any atom is -0.482 e. The van der Waals surface area contributed by atoms with E-state index in [2.05, 4.69) is 9.47 Å². The van der Waals surface area contributed by atoms with E-state index in [1.54, 1.807) is 31.2 Å².